The summed E-state index contributed by atoms with van der Waals surface area (Å²) in [6.45, 7) is 4.50. The minimum atomic E-state index is -4.61. The van der Waals surface area contributed by atoms with Crippen LogP contribution in [0.4, 0.5) is 29.1 Å². The number of amides is 1. The lowest BCUT2D eigenvalue weighted by Crippen LogP contribution is -2.41. The highest BCUT2D eigenvalue weighted by Crippen LogP contribution is 2.36. The molecule has 1 aromatic carbocycles. The minimum Gasteiger partial charge on any atom is -0.352 e. The van der Waals surface area contributed by atoms with Crippen LogP contribution in [0.3, 0.4) is 0 Å². The van der Waals surface area contributed by atoms with Gasteiger partial charge in [0.15, 0.2) is 0 Å². The summed E-state index contributed by atoms with van der Waals surface area (Å²) >= 11 is 0. The molecule has 0 saturated heterocycles. The van der Waals surface area contributed by atoms with Gasteiger partial charge in [-0.3, -0.25) is 4.79 Å². The molecule has 0 spiro atoms. The highest BCUT2D eigenvalue weighted by molar-refractivity contribution is 5.86. The monoisotopic (exact) mass is 368 g/mol. The molecular formula is C17H16F4N4O. The van der Waals surface area contributed by atoms with Crippen molar-refractivity contribution in [3.05, 3.63) is 54.5 Å². The summed E-state index contributed by atoms with van der Waals surface area (Å²) in [5.74, 6) is -0.824. The molecule has 0 saturated carbocycles. The molecule has 1 amide bonds. The Bertz CT molecular complexity index is 830. The van der Waals surface area contributed by atoms with E-state index in [0.29, 0.717) is 31.5 Å². The maximum atomic E-state index is 14.4. The molecule has 1 N–H and O–H groups in total. The van der Waals surface area contributed by atoms with E-state index in [1.54, 1.807) is 15.6 Å². The summed E-state index contributed by atoms with van der Waals surface area (Å²) in [6, 6.07) is 4.11. The third kappa shape index (κ3) is 3.56. The van der Waals surface area contributed by atoms with Gasteiger partial charge in [-0.15, -0.1) is 0 Å². The molecule has 1 aliphatic heterocycles. The van der Waals surface area contributed by atoms with E-state index < -0.39 is 17.6 Å². The van der Waals surface area contributed by atoms with Crippen molar-refractivity contribution in [2.45, 2.75) is 12.7 Å². The normalized spacial score (nSPS) is 16.9. The summed E-state index contributed by atoms with van der Waals surface area (Å²) in [6.07, 6.45) is -1.93. The fourth-order valence-corrected chi connectivity index (χ4v) is 2.92. The average molecular weight is 368 g/mol. The predicted octanol–water partition coefficient (Wildman–Crippen LogP) is 3.11. The molecule has 1 aliphatic rings. The lowest BCUT2D eigenvalue weighted by atomic mass is 10.1. The second kappa shape index (κ2) is 6.81. The Morgan fingerprint density at radius 3 is 2.77 bits per heavy atom. The third-order valence-corrected chi connectivity index (χ3v) is 4.16. The fraction of sp³-hybridized carbons (Fsp3) is 0.294. The number of alkyl halides is 3. The highest BCUT2D eigenvalue weighted by Gasteiger charge is 2.33. The first-order valence-electron chi connectivity index (χ1n) is 7.86. The number of rotatable bonds is 4. The summed E-state index contributed by atoms with van der Waals surface area (Å²) in [5.41, 5.74) is -1.02. The summed E-state index contributed by atoms with van der Waals surface area (Å²) in [7, 11) is 0. The van der Waals surface area contributed by atoms with Crippen LogP contribution in [0.1, 0.15) is 5.56 Å². The number of halogens is 4. The van der Waals surface area contributed by atoms with Gasteiger partial charge < -0.3 is 10.2 Å². The quantitative estimate of drug-likeness (QED) is 0.667. The fourth-order valence-electron chi connectivity index (χ4n) is 2.92. The van der Waals surface area contributed by atoms with Crippen molar-refractivity contribution >= 4 is 17.4 Å². The van der Waals surface area contributed by atoms with Gasteiger partial charge in [0.25, 0.3) is 0 Å². The van der Waals surface area contributed by atoms with E-state index in [0.717, 1.165) is 18.2 Å². The van der Waals surface area contributed by atoms with E-state index in [2.05, 4.69) is 17.0 Å². The molecule has 3 rings (SSSR count). The predicted molar refractivity (Wildman–Crippen MR) is 87.3 cm³/mol. The van der Waals surface area contributed by atoms with Crippen LogP contribution < -0.4 is 10.2 Å². The number of hydrogen-bond donors (Lipinski definition) is 1. The van der Waals surface area contributed by atoms with Crippen molar-refractivity contribution in [2.75, 3.05) is 18.0 Å². The number of nitrogens with zero attached hydrogens (tertiary/aromatic N) is 3. The first-order valence-corrected chi connectivity index (χ1v) is 7.86. The van der Waals surface area contributed by atoms with Gasteiger partial charge in [-0.25, -0.2) is 9.07 Å². The molecule has 1 atom stereocenters. The number of benzene rings is 1. The highest BCUT2D eigenvalue weighted by atomic mass is 19.4. The molecule has 26 heavy (non-hydrogen) atoms. The second-order valence-corrected chi connectivity index (χ2v) is 5.96. The second-order valence-electron chi connectivity index (χ2n) is 5.96. The molecule has 0 radical (unpaired) electrons. The molecule has 0 unspecified atom stereocenters. The van der Waals surface area contributed by atoms with Gasteiger partial charge in [0, 0.05) is 31.6 Å². The standard InChI is InChI=1S/C17H16F4N4O/c1-2-15(26)22-8-11-9-24(16-5-6-23-25(16)10-11)14-4-3-12(7-13(14)18)17(19,20)21/h2-7,11H,1,8-10H2,(H,22,26)/t11-/m0/s1. The number of hydrogen-bond acceptors (Lipinski definition) is 3. The first-order chi connectivity index (χ1) is 12.3. The Morgan fingerprint density at radius 2 is 2.12 bits per heavy atom. The van der Waals surface area contributed by atoms with Crippen molar-refractivity contribution in [3.8, 4) is 0 Å². The lowest BCUT2D eigenvalue weighted by Gasteiger charge is -2.35. The molecular weight excluding hydrogens is 352 g/mol. The van der Waals surface area contributed by atoms with Gasteiger partial charge in [-0.2, -0.15) is 18.3 Å². The molecule has 138 valence electrons. The van der Waals surface area contributed by atoms with Gasteiger partial charge in [-0.1, -0.05) is 6.58 Å². The van der Waals surface area contributed by atoms with Gasteiger partial charge in [0.05, 0.1) is 17.4 Å². The largest absolute Gasteiger partial charge is 0.416 e. The van der Waals surface area contributed by atoms with E-state index in [4.69, 9.17) is 0 Å². The molecule has 0 bridgehead atoms. The minimum absolute atomic E-state index is 0.0273. The van der Waals surface area contributed by atoms with Crippen LogP contribution in [0.15, 0.2) is 43.1 Å². The van der Waals surface area contributed by atoms with Gasteiger partial charge in [0.1, 0.15) is 11.6 Å². The van der Waals surface area contributed by atoms with Crippen LogP contribution in [-0.4, -0.2) is 28.8 Å². The molecule has 2 aromatic rings. The molecule has 9 heteroatoms. The topological polar surface area (TPSA) is 50.2 Å². The zero-order chi connectivity index (χ0) is 18.9. The number of fused-ring (bicyclic) bond motifs is 1. The van der Waals surface area contributed by atoms with Crippen LogP contribution >= 0.6 is 0 Å². The van der Waals surface area contributed by atoms with Crippen LogP contribution in [0.5, 0.6) is 0 Å². The van der Waals surface area contributed by atoms with Crippen molar-refractivity contribution in [1.82, 2.24) is 15.1 Å². The zero-order valence-corrected chi connectivity index (χ0v) is 13.6. The van der Waals surface area contributed by atoms with Gasteiger partial charge in [0.2, 0.25) is 5.91 Å². The molecule has 0 fully saturated rings. The Labute approximate surface area is 146 Å². The average Bonchev–Trinajstić information content (AvgIpc) is 3.06. The van der Waals surface area contributed by atoms with Gasteiger partial charge in [-0.05, 0) is 24.3 Å². The van der Waals surface area contributed by atoms with Crippen LogP contribution in [0, 0.1) is 11.7 Å². The zero-order valence-electron chi connectivity index (χ0n) is 13.6. The van der Waals surface area contributed by atoms with Crippen molar-refractivity contribution in [1.29, 1.82) is 0 Å². The molecule has 5 nitrogen and oxygen atoms in total. The number of anilines is 2. The maximum absolute atomic E-state index is 14.4. The van der Waals surface area contributed by atoms with Crippen LogP contribution in [0.25, 0.3) is 0 Å². The number of carbonyl (C=O) groups is 1. The Kier molecular flexibility index (Phi) is 4.71. The maximum Gasteiger partial charge on any atom is 0.416 e. The number of nitrogens with one attached hydrogen (secondary N) is 1. The first kappa shape index (κ1) is 18.0. The van der Waals surface area contributed by atoms with Crippen LogP contribution in [0.2, 0.25) is 0 Å². The van der Waals surface area contributed by atoms with Crippen molar-refractivity contribution in [3.63, 3.8) is 0 Å². The Hall–Kier alpha value is -2.84. The number of aromatic nitrogens is 2. The number of carbonyl (C=O) groups excluding carboxylic acids is 1. The molecule has 0 aliphatic carbocycles. The van der Waals surface area contributed by atoms with Crippen LogP contribution in [-0.2, 0) is 17.5 Å². The Morgan fingerprint density at radius 1 is 1.35 bits per heavy atom. The van der Waals surface area contributed by atoms with Crippen molar-refractivity contribution in [2.24, 2.45) is 5.92 Å². The smallest absolute Gasteiger partial charge is 0.352 e. The summed E-state index contributed by atoms with van der Waals surface area (Å²) < 4.78 is 54.3. The summed E-state index contributed by atoms with van der Waals surface area (Å²) in [5, 5.41) is 6.83. The van der Waals surface area contributed by atoms with Crippen molar-refractivity contribution < 1.29 is 22.4 Å². The summed E-state index contributed by atoms with van der Waals surface area (Å²) in [4.78, 5) is 12.9. The third-order valence-electron chi connectivity index (χ3n) is 4.16. The Balaban J connectivity index is 1.89. The van der Waals surface area contributed by atoms with E-state index in [1.807, 2.05) is 0 Å². The lowest BCUT2D eigenvalue weighted by molar-refractivity contribution is -0.137. The molecule has 1 aromatic heterocycles. The van der Waals surface area contributed by atoms with E-state index in [9.17, 15) is 22.4 Å². The van der Waals surface area contributed by atoms with E-state index in [-0.39, 0.29) is 17.5 Å². The van der Waals surface area contributed by atoms with Gasteiger partial charge >= 0.3 is 6.18 Å². The SMILES string of the molecule is C=CC(=O)NC[C@H]1CN(c2ccc(C(F)(F)F)cc2F)c2ccnn2C1. The van der Waals surface area contributed by atoms with E-state index >= 15 is 0 Å². The molecule has 2 heterocycles. The van der Waals surface area contributed by atoms with E-state index in [1.165, 1.54) is 6.20 Å².